The predicted octanol–water partition coefficient (Wildman–Crippen LogP) is 3.46. The number of rotatable bonds is 4. The average molecular weight is 315 g/mol. The Kier molecular flexibility index (Phi) is 4.30. The first kappa shape index (κ1) is 14.8. The fourth-order valence-electron chi connectivity index (χ4n) is 1.59. The van der Waals surface area contributed by atoms with Gasteiger partial charge in [-0.3, -0.25) is 0 Å². The van der Waals surface area contributed by atoms with Crippen LogP contribution in [0.2, 0.25) is 5.02 Å². The van der Waals surface area contributed by atoms with E-state index >= 15 is 0 Å². The monoisotopic (exact) mass is 314 g/mol. The lowest BCUT2D eigenvalue weighted by Crippen LogP contribution is -1.99. The molecule has 0 aromatic heterocycles. The van der Waals surface area contributed by atoms with Crippen LogP contribution >= 0.6 is 11.6 Å². The topological polar surface area (TPSA) is 43.4 Å². The van der Waals surface area contributed by atoms with Crippen LogP contribution in [0.3, 0.4) is 0 Å². The van der Waals surface area contributed by atoms with E-state index in [2.05, 4.69) is 0 Å². The van der Waals surface area contributed by atoms with Crippen molar-refractivity contribution in [2.45, 2.75) is 11.5 Å². The molecule has 20 heavy (non-hydrogen) atoms. The maximum atomic E-state index is 12.9. The van der Waals surface area contributed by atoms with Crippen LogP contribution in [-0.4, -0.2) is 14.7 Å². The molecule has 6 heteroatoms. The lowest BCUT2D eigenvalue weighted by atomic mass is 10.2. The van der Waals surface area contributed by atoms with Gasteiger partial charge in [0.05, 0.1) is 9.92 Å². The molecule has 106 valence electrons. The van der Waals surface area contributed by atoms with Crippen molar-refractivity contribution in [3.8, 4) is 5.75 Å². The van der Waals surface area contributed by atoms with Gasteiger partial charge in [0.1, 0.15) is 18.2 Å². The van der Waals surface area contributed by atoms with E-state index in [1.165, 1.54) is 30.3 Å². The summed E-state index contributed by atoms with van der Waals surface area (Å²) in [7, 11) is -3.20. The summed E-state index contributed by atoms with van der Waals surface area (Å²) in [4.78, 5) is 0.251. The second-order valence-corrected chi connectivity index (χ2v) is 6.70. The maximum absolute atomic E-state index is 12.9. The molecular formula is C14H12ClFO3S. The summed E-state index contributed by atoms with van der Waals surface area (Å²) in [6.07, 6.45) is 1.15. The molecule has 0 amide bonds. The summed E-state index contributed by atoms with van der Waals surface area (Å²) < 4.78 is 41.0. The zero-order valence-corrected chi connectivity index (χ0v) is 12.2. The Balaban J connectivity index is 2.08. The van der Waals surface area contributed by atoms with Crippen LogP contribution in [0.4, 0.5) is 4.39 Å². The Hall–Kier alpha value is -1.59. The van der Waals surface area contributed by atoms with Crippen molar-refractivity contribution in [3.05, 3.63) is 58.9 Å². The van der Waals surface area contributed by atoms with Crippen LogP contribution in [0.5, 0.6) is 5.75 Å². The Labute approximate surface area is 121 Å². The van der Waals surface area contributed by atoms with Crippen molar-refractivity contribution in [1.82, 2.24) is 0 Å². The minimum atomic E-state index is -3.20. The molecule has 0 aliphatic carbocycles. The van der Waals surface area contributed by atoms with E-state index in [4.69, 9.17) is 16.3 Å². The van der Waals surface area contributed by atoms with Crippen molar-refractivity contribution in [1.29, 1.82) is 0 Å². The average Bonchev–Trinajstić information content (AvgIpc) is 2.37. The van der Waals surface area contributed by atoms with Crippen LogP contribution in [0.1, 0.15) is 5.56 Å². The van der Waals surface area contributed by atoms with Gasteiger partial charge in [0.25, 0.3) is 0 Å². The van der Waals surface area contributed by atoms with Crippen molar-refractivity contribution in [2.24, 2.45) is 0 Å². The number of sulfone groups is 1. The van der Waals surface area contributed by atoms with Crippen LogP contribution in [0.25, 0.3) is 0 Å². The van der Waals surface area contributed by atoms with E-state index in [0.29, 0.717) is 5.75 Å². The van der Waals surface area contributed by atoms with Gasteiger partial charge in [-0.25, -0.2) is 12.8 Å². The minimum Gasteiger partial charge on any atom is -0.487 e. The first-order chi connectivity index (χ1) is 9.36. The van der Waals surface area contributed by atoms with E-state index in [0.717, 1.165) is 11.8 Å². The third-order valence-corrected chi connectivity index (χ3v) is 4.06. The van der Waals surface area contributed by atoms with Gasteiger partial charge in [-0.1, -0.05) is 23.7 Å². The molecule has 0 aliphatic heterocycles. The predicted molar refractivity (Wildman–Crippen MR) is 75.3 cm³/mol. The molecule has 0 heterocycles. The summed E-state index contributed by atoms with van der Waals surface area (Å²) in [5.74, 6) is -0.0555. The maximum Gasteiger partial charge on any atom is 0.175 e. The van der Waals surface area contributed by atoms with Gasteiger partial charge in [-0.2, -0.15) is 0 Å². The van der Waals surface area contributed by atoms with E-state index in [-0.39, 0.29) is 16.5 Å². The molecule has 2 aromatic rings. The molecule has 0 spiro atoms. The number of ether oxygens (including phenoxy) is 1. The van der Waals surface area contributed by atoms with Gasteiger partial charge >= 0.3 is 0 Å². The van der Waals surface area contributed by atoms with Gasteiger partial charge in [-0.15, -0.1) is 0 Å². The van der Waals surface area contributed by atoms with Gasteiger partial charge in [0, 0.05) is 6.26 Å². The number of hydrogen-bond donors (Lipinski definition) is 0. The van der Waals surface area contributed by atoms with Gasteiger partial charge in [-0.05, 0) is 35.9 Å². The Morgan fingerprint density at radius 3 is 2.35 bits per heavy atom. The van der Waals surface area contributed by atoms with Crippen molar-refractivity contribution in [3.63, 3.8) is 0 Å². The Bertz CT molecular complexity index is 712. The van der Waals surface area contributed by atoms with Gasteiger partial charge in [0.2, 0.25) is 0 Å². The number of benzene rings is 2. The van der Waals surface area contributed by atoms with Crippen LogP contribution < -0.4 is 4.74 Å². The largest absolute Gasteiger partial charge is 0.487 e. The lowest BCUT2D eigenvalue weighted by molar-refractivity contribution is 0.306. The molecule has 0 atom stereocenters. The standard InChI is InChI=1S/C14H12ClFO3S/c1-20(17,18)12-5-2-10(3-6-12)9-19-14-7-4-11(16)8-13(14)15/h2-8H,9H2,1H3. The Morgan fingerprint density at radius 1 is 1.15 bits per heavy atom. The SMILES string of the molecule is CS(=O)(=O)c1ccc(COc2ccc(F)cc2Cl)cc1. The molecule has 0 saturated heterocycles. The lowest BCUT2D eigenvalue weighted by Gasteiger charge is -2.08. The molecule has 0 aliphatic rings. The summed E-state index contributed by atoms with van der Waals surface area (Å²) >= 11 is 5.84. The molecule has 0 saturated carbocycles. The van der Waals surface area contributed by atoms with Crippen LogP contribution in [0.15, 0.2) is 47.4 Å². The van der Waals surface area contributed by atoms with Crippen LogP contribution in [-0.2, 0) is 16.4 Å². The summed E-state index contributed by atoms with van der Waals surface area (Å²) in [6, 6.07) is 10.2. The molecule has 0 N–H and O–H groups in total. The highest BCUT2D eigenvalue weighted by Crippen LogP contribution is 2.25. The highest BCUT2D eigenvalue weighted by atomic mass is 35.5. The molecule has 0 bridgehead atoms. The molecule has 3 nitrogen and oxygen atoms in total. The first-order valence-electron chi connectivity index (χ1n) is 5.73. The fourth-order valence-corrected chi connectivity index (χ4v) is 2.44. The number of halogens is 2. The smallest absolute Gasteiger partial charge is 0.175 e. The highest BCUT2D eigenvalue weighted by molar-refractivity contribution is 7.90. The molecule has 2 aromatic carbocycles. The Morgan fingerprint density at radius 2 is 1.80 bits per heavy atom. The van der Waals surface area contributed by atoms with Crippen LogP contribution in [0, 0.1) is 5.82 Å². The van der Waals surface area contributed by atoms with Crippen molar-refractivity contribution < 1.29 is 17.5 Å². The van der Waals surface area contributed by atoms with Gasteiger partial charge in [0.15, 0.2) is 9.84 Å². The van der Waals surface area contributed by atoms with Crippen molar-refractivity contribution >= 4 is 21.4 Å². The molecule has 0 fully saturated rings. The zero-order chi connectivity index (χ0) is 14.8. The van der Waals surface area contributed by atoms with Crippen molar-refractivity contribution in [2.75, 3.05) is 6.26 Å². The normalized spacial score (nSPS) is 11.3. The van der Waals surface area contributed by atoms with E-state index in [9.17, 15) is 12.8 Å². The van der Waals surface area contributed by atoms with E-state index in [1.54, 1.807) is 12.1 Å². The minimum absolute atomic E-state index is 0.192. The quantitative estimate of drug-likeness (QED) is 0.868. The second kappa shape index (κ2) is 5.81. The van der Waals surface area contributed by atoms with Gasteiger partial charge < -0.3 is 4.74 Å². The molecule has 0 radical (unpaired) electrons. The molecule has 0 unspecified atom stereocenters. The van der Waals surface area contributed by atoms with E-state index in [1.807, 2.05) is 0 Å². The first-order valence-corrected chi connectivity index (χ1v) is 8.00. The molecule has 2 rings (SSSR count). The zero-order valence-electron chi connectivity index (χ0n) is 10.6. The number of hydrogen-bond acceptors (Lipinski definition) is 3. The summed E-state index contributed by atoms with van der Waals surface area (Å²) in [5.41, 5.74) is 0.790. The second-order valence-electron chi connectivity index (χ2n) is 4.28. The third-order valence-electron chi connectivity index (χ3n) is 2.64. The van der Waals surface area contributed by atoms with E-state index < -0.39 is 15.7 Å². The fraction of sp³-hybridized carbons (Fsp3) is 0.143. The summed E-state index contributed by atoms with van der Waals surface area (Å²) in [6.45, 7) is 0.218. The molecular weight excluding hydrogens is 303 g/mol. The third kappa shape index (κ3) is 3.71. The summed E-state index contributed by atoms with van der Waals surface area (Å²) in [5, 5.41) is 0.192. The highest BCUT2D eigenvalue weighted by Gasteiger charge is 2.07.